The van der Waals surface area contributed by atoms with Crippen LogP contribution in [0.5, 0.6) is 0 Å². The lowest BCUT2D eigenvalue weighted by atomic mass is 10.0. The van der Waals surface area contributed by atoms with Gasteiger partial charge in [-0.3, -0.25) is 0 Å². The van der Waals surface area contributed by atoms with E-state index in [4.69, 9.17) is 0 Å². The van der Waals surface area contributed by atoms with Gasteiger partial charge in [-0.2, -0.15) is 13.2 Å². The van der Waals surface area contributed by atoms with Gasteiger partial charge in [0.05, 0.1) is 30.1 Å². The Morgan fingerprint density at radius 1 is 1.19 bits per heavy atom. The molecule has 21 heavy (non-hydrogen) atoms. The number of imidazole rings is 1. The van der Waals surface area contributed by atoms with Gasteiger partial charge in [0.15, 0.2) is 0 Å². The third kappa shape index (κ3) is 2.92. The maximum absolute atomic E-state index is 12.5. The number of nitrogens with zero attached hydrogens (tertiary/aromatic N) is 3. The SMILES string of the molecule is FC(F)(F)c1ccc(-n2cncc2C2CCCCN2)cn1. The zero-order chi connectivity index (χ0) is 14.9. The van der Waals surface area contributed by atoms with Gasteiger partial charge in [-0.15, -0.1) is 0 Å². The van der Waals surface area contributed by atoms with Crippen LogP contribution in [0.4, 0.5) is 13.2 Å². The molecule has 1 N–H and O–H groups in total. The quantitative estimate of drug-likeness (QED) is 0.926. The molecule has 0 aromatic carbocycles. The summed E-state index contributed by atoms with van der Waals surface area (Å²) in [5.41, 5.74) is 0.655. The number of piperidine rings is 1. The van der Waals surface area contributed by atoms with Crippen molar-refractivity contribution >= 4 is 0 Å². The smallest absolute Gasteiger partial charge is 0.309 e. The fraction of sp³-hybridized carbons (Fsp3) is 0.429. The van der Waals surface area contributed by atoms with E-state index in [1.165, 1.54) is 12.3 Å². The van der Waals surface area contributed by atoms with E-state index in [-0.39, 0.29) is 6.04 Å². The van der Waals surface area contributed by atoms with Crippen molar-refractivity contribution in [2.45, 2.75) is 31.5 Å². The Morgan fingerprint density at radius 2 is 2.05 bits per heavy atom. The Bertz CT molecular complexity index is 597. The number of pyridine rings is 1. The van der Waals surface area contributed by atoms with E-state index in [9.17, 15) is 13.2 Å². The number of nitrogens with one attached hydrogen (secondary N) is 1. The third-order valence-electron chi connectivity index (χ3n) is 3.65. The predicted octanol–water partition coefficient (Wildman–Crippen LogP) is 3.10. The van der Waals surface area contributed by atoms with Crippen molar-refractivity contribution in [2.75, 3.05) is 6.54 Å². The molecule has 2 aromatic heterocycles. The average Bonchev–Trinajstić information content (AvgIpc) is 2.97. The number of aromatic nitrogens is 3. The van der Waals surface area contributed by atoms with Crippen LogP contribution in [0.3, 0.4) is 0 Å². The van der Waals surface area contributed by atoms with Crippen LogP contribution in [0.15, 0.2) is 30.9 Å². The van der Waals surface area contributed by atoms with Crippen molar-refractivity contribution in [1.29, 1.82) is 0 Å². The maximum Gasteiger partial charge on any atom is 0.433 e. The van der Waals surface area contributed by atoms with Crippen LogP contribution in [-0.4, -0.2) is 21.1 Å². The summed E-state index contributed by atoms with van der Waals surface area (Å²) in [7, 11) is 0. The van der Waals surface area contributed by atoms with Gasteiger partial charge >= 0.3 is 6.18 Å². The summed E-state index contributed by atoms with van der Waals surface area (Å²) < 4.78 is 39.4. The fourth-order valence-corrected chi connectivity index (χ4v) is 2.58. The molecule has 2 aromatic rings. The van der Waals surface area contributed by atoms with Gasteiger partial charge in [0, 0.05) is 6.04 Å². The lowest BCUT2D eigenvalue weighted by Crippen LogP contribution is -2.28. The summed E-state index contributed by atoms with van der Waals surface area (Å²) in [4.78, 5) is 7.62. The molecule has 3 rings (SSSR count). The first-order chi connectivity index (χ1) is 10.1. The van der Waals surface area contributed by atoms with E-state index in [0.717, 1.165) is 37.6 Å². The van der Waals surface area contributed by atoms with Gasteiger partial charge in [0.1, 0.15) is 5.69 Å². The number of halogens is 3. The van der Waals surface area contributed by atoms with Gasteiger partial charge < -0.3 is 9.88 Å². The molecule has 1 saturated heterocycles. The first-order valence-electron chi connectivity index (χ1n) is 6.85. The van der Waals surface area contributed by atoms with E-state index in [1.807, 2.05) is 0 Å². The summed E-state index contributed by atoms with van der Waals surface area (Å²) in [5, 5.41) is 3.41. The Labute approximate surface area is 120 Å². The minimum absolute atomic E-state index is 0.184. The molecule has 112 valence electrons. The van der Waals surface area contributed by atoms with Crippen molar-refractivity contribution in [3.63, 3.8) is 0 Å². The largest absolute Gasteiger partial charge is 0.433 e. The van der Waals surface area contributed by atoms with Crippen LogP contribution in [0.1, 0.15) is 36.7 Å². The monoisotopic (exact) mass is 296 g/mol. The molecule has 0 aliphatic carbocycles. The Hall–Kier alpha value is -1.89. The molecular weight excluding hydrogens is 281 g/mol. The minimum atomic E-state index is -4.42. The highest BCUT2D eigenvalue weighted by Crippen LogP contribution is 2.29. The molecule has 1 fully saturated rings. The van der Waals surface area contributed by atoms with Crippen LogP contribution in [0.2, 0.25) is 0 Å². The summed E-state index contributed by atoms with van der Waals surface area (Å²) in [6.45, 7) is 0.946. The fourth-order valence-electron chi connectivity index (χ4n) is 2.58. The van der Waals surface area contributed by atoms with Crippen LogP contribution in [-0.2, 0) is 6.18 Å². The molecule has 0 radical (unpaired) electrons. The molecule has 1 unspecified atom stereocenters. The van der Waals surface area contributed by atoms with Gasteiger partial charge in [-0.05, 0) is 31.5 Å². The molecule has 1 aliphatic rings. The van der Waals surface area contributed by atoms with Crippen LogP contribution >= 0.6 is 0 Å². The van der Waals surface area contributed by atoms with E-state index < -0.39 is 11.9 Å². The predicted molar refractivity (Wildman–Crippen MR) is 71.0 cm³/mol. The number of rotatable bonds is 2. The summed E-state index contributed by atoms with van der Waals surface area (Å²) in [6.07, 6.45) is 3.45. The normalized spacial score (nSPS) is 19.7. The molecule has 0 bridgehead atoms. The first kappa shape index (κ1) is 14.1. The van der Waals surface area contributed by atoms with Crippen LogP contribution in [0, 0.1) is 0 Å². The summed E-state index contributed by atoms with van der Waals surface area (Å²) in [6, 6.07) is 2.60. The maximum atomic E-state index is 12.5. The molecule has 1 aliphatic heterocycles. The highest BCUT2D eigenvalue weighted by atomic mass is 19.4. The highest BCUT2D eigenvalue weighted by Gasteiger charge is 2.32. The molecule has 3 heterocycles. The first-order valence-corrected chi connectivity index (χ1v) is 6.85. The van der Waals surface area contributed by atoms with Gasteiger partial charge in [-0.1, -0.05) is 6.42 Å². The molecule has 0 amide bonds. The molecular formula is C14H15F3N4. The lowest BCUT2D eigenvalue weighted by Gasteiger charge is -2.24. The number of hydrogen-bond acceptors (Lipinski definition) is 3. The number of alkyl halides is 3. The second kappa shape index (κ2) is 5.48. The van der Waals surface area contributed by atoms with Crippen molar-refractivity contribution in [2.24, 2.45) is 0 Å². The molecule has 7 heteroatoms. The zero-order valence-electron chi connectivity index (χ0n) is 11.3. The Kier molecular flexibility index (Phi) is 3.67. The summed E-state index contributed by atoms with van der Waals surface area (Å²) >= 11 is 0. The second-order valence-corrected chi connectivity index (χ2v) is 5.09. The summed E-state index contributed by atoms with van der Waals surface area (Å²) in [5.74, 6) is 0. The van der Waals surface area contributed by atoms with Crippen LogP contribution in [0.25, 0.3) is 5.69 Å². The molecule has 0 spiro atoms. The molecule has 0 saturated carbocycles. The lowest BCUT2D eigenvalue weighted by molar-refractivity contribution is -0.141. The standard InChI is InChI=1S/C14H15F3N4/c15-14(16,17)13-5-4-10(7-20-13)21-9-18-8-12(21)11-3-1-2-6-19-11/h4-5,7-9,11,19H,1-3,6H2. The highest BCUT2D eigenvalue weighted by molar-refractivity contribution is 5.33. The van der Waals surface area contributed by atoms with Crippen molar-refractivity contribution in [1.82, 2.24) is 19.9 Å². The van der Waals surface area contributed by atoms with Crippen molar-refractivity contribution < 1.29 is 13.2 Å². The third-order valence-corrected chi connectivity index (χ3v) is 3.65. The van der Waals surface area contributed by atoms with Crippen molar-refractivity contribution in [3.8, 4) is 5.69 Å². The van der Waals surface area contributed by atoms with Crippen molar-refractivity contribution in [3.05, 3.63) is 42.2 Å². The second-order valence-electron chi connectivity index (χ2n) is 5.09. The number of hydrogen-bond donors (Lipinski definition) is 1. The van der Waals surface area contributed by atoms with E-state index in [1.54, 1.807) is 17.1 Å². The zero-order valence-corrected chi connectivity index (χ0v) is 11.3. The van der Waals surface area contributed by atoms with E-state index in [2.05, 4.69) is 15.3 Å². The van der Waals surface area contributed by atoms with E-state index >= 15 is 0 Å². The van der Waals surface area contributed by atoms with Crippen LogP contribution < -0.4 is 5.32 Å². The average molecular weight is 296 g/mol. The topological polar surface area (TPSA) is 42.7 Å². The van der Waals surface area contributed by atoms with Gasteiger partial charge in [-0.25, -0.2) is 9.97 Å². The Morgan fingerprint density at radius 3 is 2.67 bits per heavy atom. The van der Waals surface area contributed by atoms with Gasteiger partial charge in [0.2, 0.25) is 0 Å². The van der Waals surface area contributed by atoms with E-state index in [0.29, 0.717) is 5.69 Å². The molecule has 1 atom stereocenters. The minimum Gasteiger partial charge on any atom is -0.309 e. The molecule has 4 nitrogen and oxygen atoms in total. The van der Waals surface area contributed by atoms with Gasteiger partial charge in [0.25, 0.3) is 0 Å². The Balaban J connectivity index is 1.89.